The largest absolute Gasteiger partial charge is 0.365 e. The van der Waals surface area contributed by atoms with E-state index >= 15 is 0 Å². The Morgan fingerprint density at radius 3 is 2.70 bits per heavy atom. The molecule has 0 spiro atoms. The summed E-state index contributed by atoms with van der Waals surface area (Å²) >= 11 is 0. The average Bonchev–Trinajstić information content (AvgIpc) is 3.30. The number of hydrogen-bond acceptors (Lipinski definition) is 6. The predicted molar refractivity (Wildman–Crippen MR) is 121 cm³/mol. The number of rotatable bonds is 6. The van der Waals surface area contributed by atoms with Gasteiger partial charge in [-0.25, -0.2) is 9.78 Å². The maximum atomic E-state index is 12.3. The zero-order valence-corrected chi connectivity index (χ0v) is 16.9. The molecule has 8 nitrogen and oxygen atoms in total. The lowest BCUT2D eigenvalue weighted by atomic mass is 9.99. The Bertz CT molecular complexity index is 1010. The van der Waals surface area contributed by atoms with Crippen LogP contribution in [0.5, 0.6) is 0 Å². The van der Waals surface area contributed by atoms with E-state index in [9.17, 15) is 4.79 Å². The van der Waals surface area contributed by atoms with E-state index in [4.69, 9.17) is 0 Å². The van der Waals surface area contributed by atoms with Crippen LogP contribution < -0.4 is 21.4 Å². The van der Waals surface area contributed by atoms with Gasteiger partial charge in [-0.05, 0) is 48.6 Å². The Hall–Kier alpha value is -3.62. The van der Waals surface area contributed by atoms with Crippen molar-refractivity contribution < 1.29 is 4.79 Å². The Labute approximate surface area is 176 Å². The van der Waals surface area contributed by atoms with Crippen molar-refractivity contribution in [1.82, 2.24) is 19.9 Å². The van der Waals surface area contributed by atoms with Crippen LogP contribution in [0.1, 0.15) is 18.5 Å². The number of urea groups is 1. The summed E-state index contributed by atoms with van der Waals surface area (Å²) in [4.78, 5) is 27.4. The van der Waals surface area contributed by atoms with Crippen molar-refractivity contribution in [2.24, 2.45) is 0 Å². The van der Waals surface area contributed by atoms with Gasteiger partial charge in [0.05, 0.1) is 12.2 Å². The van der Waals surface area contributed by atoms with Crippen molar-refractivity contribution in [2.45, 2.75) is 19.4 Å². The third-order valence-corrected chi connectivity index (χ3v) is 4.90. The van der Waals surface area contributed by atoms with Gasteiger partial charge in [0.25, 0.3) is 0 Å². The molecule has 4 rings (SSSR count). The smallest absolute Gasteiger partial charge is 0.321 e. The first-order valence-electron chi connectivity index (χ1n) is 10.1. The van der Waals surface area contributed by atoms with Crippen LogP contribution in [0, 0.1) is 0 Å². The minimum atomic E-state index is -0.0581. The lowest BCUT2D eigenvalue weighted by molar-refractivity contribution is 0.222. The molecule has 0 bridgehead atoms. The van der Waals surface area contributed by atoms with Crippen LogP contribution in [-0.2, 0) is 6.54 Å². The van der Waals surface area contributed by atoms with Gasteiger partial charge in [-0.15, -0.1) is 0 Å². The molecule has 3 aromatic rings. The van der Waals surface area contributed by atoms with Crippen LogP contribution in [0.4, 0.5) is 27.9 Å². The second-order valence-electron chi connectivity index (χ2n) is 7.23. The highest BCUT2D eigenvalue weighted by atomic mass is 16.2. The Kier molecular flexibility index (Phi) is 6.07. The fraction of sp³-hybridized carbons (Fsp3) is 0.238. The monoisotopic (exact) mass is 401 g/mol. The number of aromatic nitrogens is 3. The highest BCUT2D eigenvalue weighted by Gasteiger charge is 2.17. The van der Waals surface area contributed by atoms with Crippen LogP contribution in [0.15, 0.2) is 54.9 Å². The number of hydrogen-bond donors (Lipinski definition) is 3. The minimum absolute atomic E-state index is 0.0581. The summed E-state index contributed by atoms with van der Waals surface area (Å²) in [5.41, 5.74) is 3.42. The van der Waals surface area contributed by atoms with E-state index in [1.54, 1.807) is 12.4 Å². The third-order valence-electron chi connectivity index (χ3n) is 4.90. The molecule has 1 fully saturated rings. The number of anilines is 4. The molecule has 0 atom stereocenters. The predicted octanol–water partition coefficient (Wildman–Crippen LogP) is 2.11. The van der Waals surface area contributed by atoms with Gasteiger partial charge in [-0.1, -0.05) is 12.1 Å². The van der Waals surface area contributed by atoms with Crippen LogP contribution >= 0.6 is 0 Å². The SMILES string of the molecule is Bc1cnc(Nc2cccc(NC(=O)N3CCCC3)c2)nc1NCc1ccccn1. The van der Waals surface area contributed by atoms with E-state index in [1.165, 1.54) is 0 Å². The molecular formula is C21H24BN7O. The van der Waals surface area contributed by atoms with Gasteiger partial charge >= 0.3 is 6.03 Å². The molecule has 2 amide bonds. The molecule has 1 aromatic carbocycles. The molecule has 1 aliphatic heterocycles. The molecule has 3 N–H and O–H groups in total. The minimum Gasteiger partial charge on any atom is -0.365 e. The molecule has 0 radical (unpaired) electrons. The second-order valence-corrected chi connectivity index (χ2v) is 7.23. The molecule has 1 saturated heterocycles. The third kappa shape index (κ3) is 5.05. The Morgan fingerprint density at radius 2 is 1.90 bits per heavy atom. The van der Waals surface area contributed by atoms with Gasteiger partial charge in [0.1, 0.15) is 13.7 Å². The molecule has 3 heterocycles. The zero-order valence-electron chi connectivity index (χ0n) is 16.9. The lowest BCUT2D eigenvalue weighted by Crippen LogP contribution is -2.32. The van der Waals surface area contributed by atoms with Crippen molar-refractivity contribution in [1.29, 1.82) is 0 Å². The number of carbonyl (C=O) groups excluding carboxylic acids is 1. The average molecular weight is 401 g/mol. The molecule has 0 saturated carbocycles. The fourth-order valence-electron chi connectivity index (χ4n) is 3.28. The highest BCUT2D eigenvalue weighted by Crippen LogP contribution is 2.19. The Morgan fingerprint density at radius 1 is 1.07 bits per heavy atom. The van der Waals surface area contributed by atoms with E-state index in [1.807, 2.05) is 55.2 Å². The number of amides is 2. The zero-order chi connectivity index (χ0) is 20.8. The molecule has 152 valence electrons. The highest BCUT2D eigenvalue weighted by molar-refractivity contribution is 6.35. The van der Waals surface area contributed by atoms with Crippen molar-refractivity contribution in [3.05, 3.63) is 60.6 Å². The molecular weight excluding hydrogens is 377 g/mol. The first-order valence-corrected chi connectivity index (χ1v) is 10.1. The van der Waals surface area contributed by atoms with E-state index in [0.29, 0.717) is 12.5 Å². The summed E-state index contributed by atoms with van der Waals surface area (Å²) in [6.45, 7) is 2.21. The second kappa shape index (κ2) is 9.26. The summed E-state index contributed by atoms with van der Waals surface area (Å²) in [5, 5.41) is 9.47. The molecule has 2 aromatic heterocycles. The molecule has 30 heavy (non-hydrogen) atoms. The first-order chi connectivity index (χ1) is 14.7. The summed E-state index contributed by atoms with van der Waals surface area (Å²) < 4.78 is 0. The molecule has 0 unspecified atom stereocenters. The van der Waals surface area contributed by atoms with E-state index in [0.717, 1.165) is 54.3 Å². The number of nitrogens with zero attached hydrogens (tertiary/aromatic N) is 4. The van der Waals surface area contributed by atoms with Gasteiger partial charge in [0.15, 0.2) is 0 Å². The fourth-order valence-corrected chi connectivity index (χ4v) is 3.28. The lowest BCUT2D eigenvalue weighted by Gasteiger charge is -2.16. The first kappa shape index (κ1) is 19.7. The maximum Gasteiger partial charge on any atom is 0.321 e. The van der Waals surface area contributed by atoms with Gasteiger partial charge < -0.3 is 20.9 Å². The van der Waals surface area contributed by atoms with Crippen LogP contribution in [0.25, 0.3) is 0 Å². The summed E-state index contributed by atoms with van der Waals surface area (Å²) in [6, 6.07) is 13.3. The Balaban J connectivity index is 1.41. The number of carbonyl (C=O) groups is 1. The van der Waals surface area contributed by atoms with Crippen molar-refractivity contribution in [3.63, 3.8) is 0 Å². The quantitative estimate of drug-likeness (QED) is 0.548. The summed E-state index contributed by atoms with van der Waals surface area (Å²) in [6.07, 6.45) is 5.67. The number of likely N-dealkylation sites (tertiary alicyclic amines) is 1. The van der Waals surface area contributed by atoms with Crippen LogP contribution in [0.3, 0.4) is 0 Å². The molecule has 0 aliphatic carbocycles. The molecule has 1 aliphatic rings. The van der Waals surface area contributed by atoms with Gasteiger partial charge in [-0.2, -0.15) is 4.98 Å². The van der Waals surface area contributed by atoms with Crippen molar-refractivity contribution >= 4 is 42.5 Å². The van der Waals surface area contributed by atoms with Gasteiger partial charge in [0, 0.05) is 36.9 Å². The topological polar surface area (TPSA) is 95.1 Å². The van der Waals surface area contributed by atoms with E-state index in [2.05, 4.69) is 30.9 Å². The number of nitrogens with one attached hydrogen (secondary N) is 3. The normalized spacial score (nSPS) is 13.1. The van der Waals surface area contributed by atoms with E-state index < -0.39 is 0 Å². The number of benzene rings is 1. The maximum absolute atomic E-state index is 12.3. The van der Waals surface area contributed by atoms with Crippen molar-refractivity contribution in [3.8, 4) is 0 Å². The van der Waals surface area contributed by atoms with E-state index in [-0.39, 0.29) is 6.03 Å². The summed E-state index contributed by atoms with van der Waals surface area (Å²) in [7, 11) is 1.96. The van der Waals surface area contributed by atoms with Gasteiger partial charge in [0.2, 0.25) is 5.95 Å². The molecule has 9 heteroatoms. The standard InChI is InChI=1S/C21H24BN7O/c22-18-14-25-20(28-19(18)24-13-17-6-1-2-9-23-17)26-15-7-5-8-16(12-15)27-21(30)29-10-3-4-11-29/h1-2,5-9,12,14H,3-4,10-11,13,22H2,(H,27,30)(H2,24,25,26,28). The van der Waals surface area contributed by atoms with Gasteiger partial charge in [-0.3, -0.25) is 4.98 Å². The van der Waals surface area contributed by atoms with Crippen LogP contribution in [0.2, 0.25) is 0 Å². The summed E-state index contributed by atoms with van der Waals surface area (Å²) in [5.74, 6) is 1.23. The number of pyridine rings is 1. The van der Waals surface area contributed by atoms with Crippen molar-refractivity contribution in [2.75, 3.05) is 29.0 Å². The van der Waals surface area contributed by atoms with Crippen LogP contribution in [-0.4, -0.2) is 46.8 Å².